The zero-order valence-corrected chi connectivity index (χ0v) is 17.3. The van der Waals surface area contributed by atoms with E-state index in [2.05, 4.69) is 5.32 Å². The third kappa shape index (κ3) is 3.31. The fourth-order valence-corrected chi connectivity index (χ4v) is 6.86. The van der Waals surface area contributed by atoms with Crippen molar-refractivity contribution in [2.75, 3.05) is 14.1 Å². The Morgan fingerprint density at radius 3 is 1.96 bits per heavy atom. The van der Waals surface area contributed by atoms with E-state index in [0.717, 1.165) is 42.6 Å². The Labute approximate surface area is 162 Å². The summed E-state index contributed by atoms with van der Waals surface area (Å²) < 4.78 is 25.6. The number of amides is 1. The molecule has 1 atom stereocenters. The second kappa shape index (κ2) is 6.59. The molecule has 1 aromatic carbocycles. The van der Waals surface area contributed by atoms with Gasteiger partial charge in [0, 0.05) is 19.5 Å². The van der Waals surface area contributed by atoms with Crippen LogP contribution in [0.15, 0.2) is 29.2 Å². The fourth-order valence-electron chi connectivity index (χ4n) is 5.96. The van der Waals surface area contributed by atoms with Gasteiger partial charge in [-0.2, -0.15) is 0 Å². The van der Waals surface area contributed by atoms with Crippen molar-refractivity contribution >= 4 is 15.9 Å². The van der Waals surface area contributed by atoms with Gasteiger partial charge in [-0.05, 0) is 80.9 Å². The van der Waals surface area contributed by atoms with Crippen LogP contribution in [0.5, 0.6) is 0 Å². The van der Waals surface area contributed by atoms with Gasteiger partial charge in [0.25, 0.3) is 0 Å². The van der Waals surface area contributed by atoms with Crippen LogP contribution in [-0.4, -0.2) is 32.7 Å². The van der Waals surface area contributed by atoms with Crippen LogP contribution in [0.3, 0.4) is 0 Å². The van der Waals surface area contributed by atoms with Crippen LogP contribution in [-0.2, 0) is 14.8 Å². The van der Waals surface area contributed by atoms with Crippen molar-refractivity contribution in [3.8, 4) is 0 Å². The lowest BCUT2D eigenvalue weighted by Gasteiger charge is -2.55. The maximum absolute atomic E-state index is 13.2. The van der Waals surface area contributed by atoms with Crippen molar-refractivity contribution in [2.24, 2.45) is 23.2 Å². The maximum atomic E-state index is 13.2. The molecule has 5 nitrogen and oxygen atoms in total. The number of nitrogens with one attached hydrogen (secondary N) is 1. The smallest absolute Gasteiger partial charge is 0.242 e. The van der Waals surface area contributed by atoms with Crippen molar-refractivity contribution in [1.29, 1.82) is 0 Å². The van der Waals surface area contributed by atoms with Crippen molar-refractivity contribution < 1.29 is 13.2 Å². The highest BCUT2D eigenvalue weighted by Gasteiger charge is 2.54. The van der Waals surface area contributed by atoms with E-state index in [9.17, 15) is 13.2 Å². The summed E-state index contributed by atoms with van der Waals surface area (Å²) in [5, 5.41) is 3.24. The standard InChI is InChI=1S/C21H30N2O3S/c1-14(18-4-6-19(7-5-18)27(25,26)23(2)3)22-20(24)21-11-15-8-16(12-21)10-17(9-15)13-21/h4-7,14-17H,8-13H2,1-3H3,(H,22,24). The van der Waals surface area contributed by atoms with Crippen LogP contribution in [0.25, 0.3) is 0 Å². The number of hydrogen-bond acceptors (Lipinski definition) is 3. The SMILES string of the molecule is CC(NC(=O)C12CC3CC(CC(C3)C1)C2)c1ccc(S(=O)(=O)N(C)C)cc1. The molecule has 5 rings (SSSR count). The van der Waals surface area contributed by atoms with Gasteiger partial charge in [-0.3, -0.25) is 4.79 Å². The minimum Gasteiger partial charge on any atom is -0.349 e. The van der Waals surface area contributed by atoms with E-state index in [1.807, 2.05) is 6.92 Å². The summed E-state index contributed by atoms with van der Waals surface area (Å²) >= 11 is 0. The molecule has 4 fully saturated rings. The lowest BCUT2D eigenvalue weighted by Crippen LogP contribution is -2.53. The normalized spacial score (nSPS) is 33.3. The summed E-state index contributed by atoms with van der Waals surface area (Å²) in [4.78, 5) is 13.5. The molecular weight excluding hydrogens is 360 g/mol. The minimum absolute atomic E-state index is 0.124. The van der Waals surface area contributed by atoms with Crippen LogP contribution in [0.1, 0.15) is 57.1 Å². The molecule has 148 valence electrons. The van der Waals surface area contributed by atoms with Gasteiger partial charge < -0.3 is 5.32 Å². The van der Waals surface area contributed by atoms with Crippen LogP contribution in [0, 0.1) is 23.2 Å². The number of nitrogens with zero attached hydrogens (tertiary/aromatic N) is 1. The molecule has 0 aromatic heterocycles. The van der Waals surface area contributed by atoms with Gasteiger partial charge in [0.05, 0.1) is 10.9 Å². The van der Waals surface area contributed by atoms with E-state index in [4.69, 9.17) is 0 Å². The van der Waals surface area contributed by atoms with Gasteiger partial charge in [0.2, 0.25) is 15.9 Å². The number of sulfonamides is 1. The lowest BCUT2D eigenvalue weighted by molar-refractivity contribution is -0.147. The zero-order valence-electron chi connectivity index (χ0n) is 16.4. The summed E-state index contributed by atoms with van der Waals surface area (Å²) in [7, 11) is -0.376. The van der Waals surface area contributed by atoms with Gasteiger partial charge in [-0.15, -0.1) is 0 Å². The molecule has 0 radical (unpaired) electrons. The number of rotatable bonds is 5. The molecule has 27 heavy (non-hydrogen) atoms. The van der Waals surface area contributed by atoms with Crippen LogP contribution >= 0.6 is 0 Å². The molecule has 1 unspecified atom stereocenters. The predicted octanol–water partition coefficient (Wildman–Crippen LogP) is 3.33. The Morgan fingerprint density at radius 1 is 1.04 bits per heavy atom. The Bertz CT molecular complexity index is 794. The second-order valence-electron chi connectivity index (χ2n) is 9.25. The molecule has 1 amide bonds. The topological polar surface area (TPSA) is 66.5 Å². The molecule has 1 aromatic rings. The number of carbonyl (C=O) groups excluding carboxylic acids is 1. The van der Waals surface area contributed by atoms with Gasteiger partial charge in [-0.25, -0.2) is 12.7 Å². The van der Waals surface area contributed by atoms with Gasteiger partial charge in [-0.1, -0.05) is 12.1 Å². The van der Waals surface area contributed by atoms with E-state index in [1.54, 1.807) is 24.3 Å². The van der Waals surface area contributed by atoms with E-state index in [0.29, 0.717) is 0 Å². The third-order valence-corrected chi connectivity index (χ3v) is 8.86. The van der Waals surface area contributed by atoms with E-state index < -0.39 is 10.0 Å². The highest BCUT2D eigenvalue weighted by molar-refractivity contribution is 7.89. The van der Waals surface area contributed by atoms with Crippen molar-refractivity contribution in [2.45, 2.75) is 56.4 Å². The number of carbonyl (C=O) groups is 1. The molecule has 1 N–H and O–H groups in total. The monoisotopic (exact) mass is 390 g/mol. The molecule has 0 aliphatic heterocycles. The summed E-state index contributed by atoms with van der Waals surface area (Å²) in [6.07, 6.45) is 7.13. The van der Waals surface area contributed by atoms with Crippen LogP contribution in [0.2, 0.25) is 0 Å². The first-order valence-corrected chi connectivity index (χ1v) is 11.5. The Balaban J connectivity index is 1.46. The fraction of sp³-hybridized carbons (Fsp3) is 0.667. The van der Waals surface area contributed by atoms with Gasteiger partial charge >= 0.3 is 0 Å². The molecule has 6 heteroatoms. The third-order valence-electron chi connectivity index (χ3n) is 7.03. The Kier molecular flexibility index (Phi) is 4.62. The summed E-state index contributed by atoms with van der Waals surface area (Å²) in [5.41, 5.74) is 0.780. The zero-order chi connectivity index (χ0) is 19.4. The molecule has 0 heterocycles. The average Bonchev–Trinajstić information content (AvgIpc) is 2.60. The highest BCUT2D eigenvalue weighted by atomic mass is 32.2. The molecule has 0 spiro atoms. The molecule has 4 bridgehead atoms. The molecule has 0 saturated heterocycles. The summed E-state index contributed by atoms with van der Waals surface area (Å²) in [6, 6.07) is 6.74. The largest absolute Gasteiger partial charge is 0.349 e. The Hall–Kier alpha value is -1.40. The van der Waals surface area contributed by atoms with E-state index in [-0.39, 0.29) is 22.3 Å². The molecule has 4 aliphatic rings. The quantitative estimate of drug-likeness (QED) is 0.839. The van der Waals surface area contributed by atoms with Crippen LogP contribution in [0.4, 0.5) is 0 Å². The van der Waals surface area contributed by atoms with Crippen LogP contribution < -0.4 is 5.32 Å². The molecule has 4 saturated carbocycles. The minimum atomic E-state index is -3.43. The first kappa shape index (κ1) is 18.9. The van der Waals surface area contributed by atoms with Gasteiger partial charge in [0.15, 0.2) is 0 Å². The maximum Gasteiger partial charge on any atom is 0.242 e. The summed E-state index contributed by atoms with van der Waals surface area (Å²) in [5.74, 6) is 2.44. The predicted molar refractivity (Wildman–Crippen MR) is 104 cm³/mol. The molecule has 4 aliphatic carbocycles. The lowest BCUT2D eigenvalue weighted by atomic mass is 9.49. The first-order chi connectivity index (χ1) is 12.7. The van der Waals surface area contributed by atoms with E-state index in [1.165, 1.54) is 37.7 Å². The average molecular weight is 391 g/mol. The number of benzene rings is 1. The van der Waals surface area contributed by atoms with Crippen molar-refractivity contribution in [3.63, 3.8) is 0 Å². The number of hydrogen-bond donors (Lipinski definition) is 1. The summed E-state index contributed by atoms with van der Waals surface area (Å²) in [6.45, 7) is 1.98. The highest BCUT2D eigenvalue weighted by Crippen LogP contribution is 2.60. The van der Waals surface area contributed by atoms with Gasteiger partial charge in [0.1, 0.15) is 0 Å². The molecular formula is C21H30N2O3S. The first-order valence-electron chi connectivity index (χ1n) is 10.0. The van der Waals surface area contributed by atoms with Crippen molar-refractivity contribution in [1.82, 2.24) is 9.62 Å². The second-order valence-corrected chi connectivity index (χ2v) is 11.4. The Morgan fingerprint density at radius 2 is 1.52 bits per heavy atom. The van der Waals surface area contributed by atoms with E-state index >= 15 is 0 Å². The van der Waals surface area contributed by atoms with Crippen molar-refractivity contribution in [3.05, 3.63) is 29.8 Å².